The molecule has 27 heavy (non-hydrogen) atoms. The lowest BCUT2D eigenvalue weighted by atomic mass is 9.84. The quantitative estimate of drug-likeness (QED) is 0.864. The fourth-order valence-corrected chi connectivity index (χ4v) is 3.05. The van der Waals surface area contributed by atoms with Gasteiger partial charge in [0.2, 0.25) is 5.88 Å². The Morgan fingerprint density at radius 3 is 2.74 bits per heavy atom. The molecule has 0 aliphatic carbocycles. The normalized spacial score (nSPS) is 15.6. The number of aryl methyl sites for hydroxylation is 1. The molecule has 2 N–H and O–H groups in total. The van der Waals surface area contributed by atoms with E-state index in [0.29, 0.717) is 29.4 Å². The van der Waals surface area contributed by atoms with Crippen LogP contribution in [0.15, 0.2) is 44.9 Å². The molecule has 0 spiro atoms. The number of allylic oxidation sites excluding steroid dienone is 1. The van der Waals surface area contributed by atoms with E-state index in [1.54, 1.807) is 31.2 Å². The van der Waals surface area contributed by atoms with Gasteiger partial charge in [-0.25, -0.2) is 4.79 Å². The highest BCUT2D eigenvalue weighted by Crippen LogP contribution is 2.42. The third-order valence-corrected chi connectivity index (χ3v) is 4.24. The molecule has 0 saturated heterocycles. The molecule has 1 aromatic carbocycles. The van der Waals surface area contributed by atoms with Crippen LogP contribution in [-0.4, -0.2) is 13.7 Å². The molecule has 2 aromatic rings. The van der Waals surface area contributed by atoms with E-state index in [1.165, 1.54) is 7.11 Å². The Morgan fingerprint density at radius 1 is 1.30 bits per heavy atom. The molecule has 7 nitrogen and oxygen atoms in total. The first-order valence-corrected chi connectivity index (χ1v) is 8.53. The highest BCUT2D eigenvalue weighted by atomic mass is 16.5. The summed E-state index contributed by atoms with van der Waals surface area (Å²) >= 11 is 0. The maximum atomic E-state index is 12.5. The number of nitrogens with zero attached hydrogens (tertiary/aromatic N) is 1. The van der Waals surface area contributed by atoms with Gasteiger partial charge in [0.15, 0.2) is 11.5 Å². The average molecular weight is 368 g/mol. The summed E-state index contributed by atoms with van der Waals surface area (Å²) in [5.74, 6) is 1.01. The molecule has 3 rings (SSSR count). The Morgan fingerprint density at radius 2 is 2.07 bits per heavy atom. The first kappa shape index (κ1) is 18.4. The molecule has 0 amide bonds. The smallest absolute Gasteiger partial charge is 0.343 e. The number of rotatable bonds is 5. The Balaban J connectivity index is 2.18. The summed E-state index contributed by atoms with van der Waals surface area (Å²) in [6, 6.07) is 8.89. The Kier molecular flexibility index (Phi) is 5.08. The maximum absolute atomic E-state index is 12.5. The van der Waals surface area contributed by atoms with Crippen molar-refractivity contribution in [3.05, 3.63) is 63.0 Å². The van der Waals surface area contributed by atoms with Crippen LogP contribution in [0.5, 0.6) is 17.2 Å². The van der Waals surface area contributed by atoms with Crippen LogP contribution in [0, 0.1) is 18.3 Å². The van der Waals surface area contributed by atoms with Crippen molar-refractivity contribution in [2.24, 2.45) is 5.73 Å². The first-order chi connectivity index (χ1) is 13.0. The second-order valence-electron chi connectivity index (χ2n) is 6.11. The second-order valence-corrected chi connectivity index (χ2v) is 6.11. The Hall–Kier alpha value is -3.40. The van der Waals surface area contributed by atoms with Crippen molar-refractivity contribution < 1.29 is 18.6 Å². The molecule has 0 fully saturated rings. The lowest BCUT2D eigenvalue weighted by Crippen LogP contribution is -2.26. The summed E-state index contributed by atoms with van der Waals surface area (Å²) in [7, 11) is 1.53. The predicted molar refractivity (Wildman–Crippen MR) is 97.8 cm³/mol. The molecule has 1 aromatic heterocycles. The zero-order valence-corrected chi connectivity index (χ0v) is 15.4. The van der Waals surface area contributed by atoms with Gasteiger partial charge in [-0.1, -0.05) is 13.0 Å². The topological polar surface area (TPSA) is 108 Å². The van der Waals surface area contributed by atoms with E-state index in [9.17, 15) is 10.1 Å². The average Bonchev–Trinajstić information content (AvgIpc) is 2.64. The van der Waals surface area contributed by atoms with Crippen molar-refractivity contribution in [3.63, 3.8) is 0 Å². The van der Waals surface area contributed by atoms with Gasteiger partial charge >= 0.3 is 5.63 Å². The van der Waals surface area contributed by atoms with E-state index in [4.69, 9.17) is 24.4 Å². The van der Waals surface area contributed by atoms with Crippen LogP contribution in [0.25, 0.3) is 0 Å². The molecule has 1 aliphatic rings. The predicted octanol–water partition coefficient (Wildman–Crippen LogP) is 2.96. The minimum atomic E-state index is -0.718. The molecule has 0 unspecified atom stereocenters. The van der Waals surface area contributed by atoms with Crippen LogP contribution in [0.3, 0.4) is 0 Å². The maximum Gasteiger partial charge on any atom is 0.343 e. The summed E-state index contributed by atoms with van der Waals surface area (Å²) in [5.41, 5.74) is 6.40. The second kappa shape index (κ2) is 7.46. The summed E-state index contributed by atoms with van der Waals surface area (Å²) in [4.78, 5) is 12.5. The van der Waals surface area contributed by atoms with Crippen LogP contribution >= 0.6 is 0 Å². The Bertz CT molecular complexity index is 1000. The van der Waals surface area contributed by atoms with Crippen LogP contribution in [-0.2, 0) is 0 Å². The van der Waals surface area contributed by atoms with Crippen molar-refractivity contribution >= 4 is 0 Å². The largest absolute Gasteiger partial charge is 0.493 e. The van der Waals surface area contributed by atoms with E-state index in [0.717, 1.165) is 6.42 Å². The zero-order chi connectivity index (χ0) is 19.6. The van der Waals surface area contributed by atoms with Gasteiger partial charge in [0.1, 0.15) is 23.2 Å². The molecule has 0 saturated carbocycles. The number of nitriles is 1. The van der Waals surface area contributed by atoms with Gasteiger partial charge in [-0.3, -0.25) is 0 Å². The first-order valence-electron chi connectivity index (χ1n) is 8.53. The molecule has 0 bridgehead atoms. The number of hydrogen-bond donors (Lipinski definition) is 1. The molecular formula is C20H20N2O5. The number of methoxy groups -OCH3 is 1. The number of ether oxygens (including phenoxy) is 3. The molecule has 0 radical (unpaired) electrons. The van der Waals surface area contributed by atoms with Crippen molar-refractivity contribution in [2.45, 2.75) is 26.2 Å². The highest BCUT2D eigenvalue weighted by Gasteiger charge is 2.34. The number of hydrogen-bond acceptors (Lipinski definition) is 7. The molecule has 2 heterocycles. The summed E-state index contributed by atoms with van der Waals surface area (Å²) in [5, 5.41) is 9.61. The van der Waals surface area contributed by atoms with E-state index >= 15 is 0 Å². The molecule has 140 valence electrons. The summed E-state index contributed by atoms with van der Waals surface area (Å²) in [6.45, 7) is 4.20. The van der Waals surface area contributed by atoms with Gasteiger partial charge in [-0.05, 0) is 31.0 Å². The number of fused-ring (bicyclic) bond motifs is 1. The van der Waals surface area contributed by atoms with Crippen LogP contribution in [0.4, 0.5) is 0 Å². The van der Waals surface area contributed by atoms with E-state index in [-0.39, 0.29) is 22.8 Å². The van der Waals surface area contributed by atoms with Gasteiger partial charge < -0.3 is 24.4 Å². The van der Waals surface area contributed by atoms with Crippen molar-refractivity contribution in [2.75, 3.05) is 13.7 Å². The van der Waals surface area contributed by atoms with Crippen molar-refractivity contribution in [1.29, 1.82) is 5.26 Å². The van der Waals surface area contributed by atoms with Gasteiger partial charge in [0.05, 0.1) is 25.2 Å². The SMILES string of the molecule is CCCOc1ccc([C@@H]2C(C#N)=C(N)Oc3cc(C)oc(=O)c32)cc1OC. The van der Waals surface area contributed by atoms with Crippen LogP contribution in [0.2, 0.25) is 0 Å². The summed E-state index contributed by atoms with van der Waals surface area (Å²) < 4.78 is 21.8. The fraction of sp³-hybridized carbons (Fsp3) is 0.300. The van der Waals surface area contributed by atoms with Gasteiger partial charge in [0.25, 0.3) is 0 Å². The summed E-state index contributed by atoms with van der Waals surface area (Å²) in [6.07, 6.45) is 0.858. The number of benzene rings is 1. The van der Waals surface area contributed by atoms with E-state index in [2.05, 4.69) is 0 Å². The monoisotopic (exact) mass is 368 g/mol. The third kappa shape index (κ3) is 3.34. The Labute approximate surface area is 156 Å². The fourth-order valence-electron chi connectivity index (χ4n) is 3.05. The van der Waals surface area contributed by atoms with Crippen LogP contribution < -0.4 is 25.6 Å². The standard InChI is InChI=1S/C20H20N2O5/c1-4-7-25-14-6-5-12(9-15(14)24-3)17-13(10-21)19(22)27-16-8-11(2)26-20(23)18(16)17/h5-6,8-9,17H,4,7,22H2,1-3H3/t17-/m1/s1. The molecule has 1 atom stereocenters. The highest BCUT2D eigenvalue weighted by molar-refractivity contribution is 5.57. The van der Waals surface area contributed by atoms with Crippen LogP contribution in [0.1, 0.15) is 36.1 Å². The lowest BCUT2D eigenvalue weighted by Gasteiger charge is -2.25. The molecular weight excluding hydrogens is 348 g/mol. The van der Waals surface area contributed by atoms with Crippen molar-refractivity contribution in [1.82, 2.24) is 0 Å². The number of nitrogens with two attached hydrogens (primary N) is 1. The third-order valence-electron chi connectivity index (χ3n) is 4.24. The minimum absolute atomic E-state index is 0.0368. The van der Waals surface area contributed by atoms with Gasteiger partial charge in [0, 0.05) is 6.07 Å². The van der Waals surface area contributed by atoms with Gasteiger partial charge in [-0.2, -0.15) is 5.26 Å². The minimum Gasteiger partial charge on any atom is -0.493 e. The lowest BCUT2D eigenvalue weighted by molar-refractivity contribution is 0.294. The van der Waals surface area contributed by atoms with Gasteiger partial charge in [-0.15, -0.1) is 0 Å². The van der Waals surface area contributed by atoms with Crippen molar-refractivity contribution in [3.8, 4) is 23.3 Å². The molecule has 7 heteroatoms. The zero-order valence-electron chi connectivity index (χ0n) is 15.4. The van der Waals surface area contributed by atoms with E-state index in [1.807, 2.05) is 13.0 Å². The molecule has 1 aliphatic heterocycles. The van der Waals surface area contributed by atoms with E-state index < -0.39 is 11.5 Å².